The number of hydrogen-bond acceptors (Lipinski definition) is 5. The molecule has 0 amide bonds. The van der Waals surface area contributed by atoms with Gasteiger partial charge in [0.15, 0.2) is 0 Å². The summed E-state index contributed by atoms with van der Waals surface area (Å²) in [5, 5.41) is 13.7. The average Bonchev–Trinajstić information content (AvgIpc) is 2.94. The summed E-state index contributed by atoms with van der Waals surface area (Å²) in [5.41, 5.74) is 2.77. The van der Waals surface area contributed by atoms with Crippen LogP contribution in [-0.2, 0) is 6.54 Å². The van der Waals surface area contributed by atoms with Gasteiger partial charge in [-0.05, 0) is 37.1 Å². The Bertz CT molecular complexity index is 683. The fourth-order valence-electron chi connectivity index (χ4n) is 3.20. The smallest absolute Gasteiger partial charge is 0.123 e. The zero-order valence-electron chi connectivity index (χ0n) is 14.2. The first kappa shape index (κ1) is 17.5. The van der Waals surface area contributed by atoms with Crippen molar-refractivity contribution in [1.29, 1.82) is 0 Å². The van der Waals surface area contributed by atoms with Crippen molar-refractivity contribution in [1.82, 2.24) is 14.8 Å². The Hall–Kier alpha value is -1.34. The average molecular weight is 349 g/mol. The lowest BCUT2D eigenvalue weighted by molar-refractivity contribution is 0.0694. The van der Waals surface area contributed by atoms with Crippen molar-refractivity contribution in [3.63, 3.8) is 0 Å². The standard InChI is InChI=1S/C18H24FN3OS/c1-13-9-15(19)3-4-17(13)18(23)11-22-7-5-21(6-8-22)10-16-12-24-14(2)20-16/h3-4,9,12,18,23H,5-8,10-11H2,1-2H3. The molecule has 1 aromatic heterocycles. The molecule has 1 aliphatic heterocycles. The summed E-state index contributed by atoms with van der Waals surface area (Å²) < 4.78 is 13.2. The van der Waals surface area contributed by atoms with Gasteiger partial charge in [0.05, 0.1) is 16.8 Å². The number of hydrogen-bond donors (Lipinski definition) is 1. The molecule has 0 radical (unpaired) electrons. The second kappa shape index (κ2) is 7.70. The quantitative estimate of drug-likeness (QED) is 0.901. The van der Waals surface area contributed by atoms with Gasteiger partial charge in [-0.3, -0.25) is 9.80 Å². The molecule has 1 atom stereocenters. The van der Waals surface area contributed by atoms with Crippen molar-refractivity contribution in [3.8, 4) is 0 Å². The van der Waals surface area contributed by atoms with Crippen LogP contribution >= 0.6 is 11.3 Å². The number of piperazine rings is 1. The molecule has 1 fully saturated rings. The molecule has 130 valence electrons. The summed E-state index contributed by atoms with van der Waals surface area (Å²) in [6.45, 7) is 9.19. The molecule has 1 saturated heterocycles. The molecule has 1 aromatic carbocycles. The molecule has 1 N–H and O–H groups in total. The predicted molar refractivity (Wildman–Crippen MR) is 94.7 cm³/mol. The fourth-order valence-corrected chi connectivity index (χ4v) is 3.80. The maximum absolute atomic E-state index is 13.2. The zero-order chi connectivity index (χ0) is 17.1. The summed E-state index contributed by atoms with van der Waals surface area (Å²) in [6.07, 6.45) is -0.571. The number of rotatable bonds is 5. The van der Waals surface area contributed by atoms with Gasteiger partial charge in [-0.2, -0.15) is 0 Å². The maximum atomic E-state index is 13.2. The van der Waals surface area contributed by atoms with Gasteiger partial charge >= 0.3 is 0 Å². The van der Waals surface area contributed by atoms with Crippen LogP contribution in [-0.4, -0.2) is 52.6 Å². The molecule has 1 unspecified atom stereocenters. The number of aliphatic hydroxyl groups is 1. The highest BCUT2D eigenvalue weighted by atomic mass is 32.1. The lowest BCUT2D eigenvalue weighted by Gasteiger charge is -2.35. The van der Waals surface area contributed by atoms with Gasteiger partial charge < -0.3 is 5.11 Å². The van der Waals surface area contributed by atoms with Crippen LogP contribution in [0.4, 0.5) is 4.39 Å². The van der Waals surface area contributed by atoms with Gasteiger partial charge in [-0.1, -0.05) is 6.07 Å². The normalized spacial score (nSPS) is 18.0. The van der Waals surface area contributed by atoms with E-state index in [2.05, 4.69) is 20.2 Å². The van der Waals surface area contributed by atoms with E-state index in [-0.39, 0.29) is 5.82 Å². The molecule has 4 nitrogen and oxygen atoms in total. The van der Waals surface area contributed by atoms with Gasteiger partial charge in [0.1, 0.15) is 5.82 Å². The summed E-state index contributed by atoms with van der Waals surface area (Å²) in [7, 11) is 0. The van der Waals surface area contributed by atoms with E-state index in [1.54, 1.807) is 17.4 Å². The van der Waals surface area contributed by atoms with E-state index >= 15 is 0 Å². The molecule has 0 aliphatic carbocycles. The molecule has 0 spiro atoms. The number of aromatic nitrogens is 1. The van der Waals surface area contributed by atoms with Crippen molar-refractivity contribution in [2.45, 2.75) is 26.5 Å². The molecule has 2 heterocycles. The van der Waals surface area contributed by atoms with Crippen molar-refractivity contribution < 1.29 is 9.50 Å². The van der Waals surface area contributed by atoms with E-state index in [4.69, 9.17) is 0 Å². The highest BCUT2D eigenvalue weighted by Gasteiger charge is 2.21. The molecule has 0 bridgehead atoms. The Balaban J connectivity index is 1.49. The molecule has 6 heteroatoms. The van der Waals surface area contributed by atoms with E-state index < -0.39 is 6.10 Å². The zero-order valence-corrected chi connectivity index (χ0v) is 15.0. The van der Waals surface area contributed by atoms with Crippen molar-refractivity contribution in [2.24, 2.45) is 0 Å². The van der Waals surface area contributed by atoms with E-state index in [0.717, 1.165) is 54.6 Å². The summed E-state index contributed by atoms with van der Waals surface area (Å²) in [4.78, 5) is 9.20. The van der Waals surface area contributed by atoms with E-state index in [1.807, 2.05) is 13.8 Å². The second-order valence-corrected chi connectivity index (χ2v) is 7.51. The van der Waals surface area contributed by atoms with Crippen LogP contribution in [0.2, 0.25) is 0 Å². The minimum atomic E-state index is -0.571. The third-order valence-electron chi connectivity index (χ3n) is 4.54. The minimum Gasteiger partial charge on any atom is -0.387 e. The molecule has 3 rings (SSSR count). The molecule has 1 aliphatic rings. The van der Waals surface area contributed by atoms with Gasteiger partial charge in [-0.15, -0.1) is 11.3 Å². The Labute approximate surface area is 146 Å². The predicted octanol–water partition coefficient (Wildman–Crippen LogP) is 2.75. The second-order valence-electron chi connectivity index (χ2n) is 6.45. The van der Waals surface area contributed by atoms with Crippen molar-refractivity contribution in [2.75, 3.05) is 32.7 Å². The summed E-state index contributed by atoms with van der Waals surface area (Å²) >= 11 is 1.69. The van der Waals surface area contributed by atoms with Crippen LogP contribution in [0.15, 0.2) is 23.6 Å². The first-order chi connectivity index (χ1) is 11.5. The van der Waals surface area contributed by atoms with E-state index in [1.165, 1.54) is 12.1 Å². The van der Waals surface area contributed by atoms with Gasteiger partial charge in [0.2, 0.25) is 0 Å². The van der Waals surface area contributed by atoms with Gasteiger partial charge in [0.25, 0.3) is 0 Å². The number of nitrogens with zero attached hydrogens (tertiary/aromatic N) is 3. The van der Waals surface area contributed by atoms with Crippen molar-refractivity contribution in [3.05, 3.63) is 51.2 Å². The third kappa shape index (κ3) is 4.39. The number of β-amino-alcohol motifs (C(OH)–C–C–N with tert-alkyl or cyclic N) is 1. The molecular formula is C18H24FN3OS. The highest BCUT2D eigenvalue weighted by molar-refractivity contribution is 7.09. The van der Waals surface area contributed by atoms with Gasteiger partial charge in [0, 0.05) is 44.6 Å². The Kier molecular flexibility index (Phi) is 5.61. The van der Waals surface area contributed by atoms with Gasteiger partial charge in [-0.25, -0.2) is 9.37 Å². The number of benzene rings is 1. The van der Waals surface area contributed by atoms with Crippen LogP contribution in [0.5, 0.6) is 0 Å². The Morgan fingerprint density at radius 1 is 1.21 bits per heavy atom. The molecule has 24 heavy (non-hydrogen) atoms. The lowest BCUT2D eigenvalue weighted by Crippen LogP contribution is -2.47. The molecular weight excluding hydrogens is 325 g/mol. The first-order valence-electron chi connectivity index (χ1n) is 8.31. The van der Waals surface area contributed by atoms with Crippen LogP contribution in [0, 0.1) is 19.7 Å². The van der Waals surface area contributed by atoms with Crippen LogP contribution < -0.4 is 0 Å². The molecule has 0 saturated carbocycles. The number of aliphatic hydroxyl groups excluding tert-OH is 1. The Morgan fingerprint density at radius 2 is 1.92 bits per heavy atom. The lowest BCUT2D eigenvalue weighted by atomic mass is 10.0. The van der Waals surface area contributed by atoms with E-state index in [9.17, 15) is 9.50 Å². The number of thiazole rings is 1. The largest absolute Gasteiger partial charge is 0.387 e. The van der Waals surface area contributed by atoms with Crippen LogP contribution in [0.3, 0.4) is 0 Å². The Morgan fingerprint density at radius 3 is 2.54 bits per heavy atom. The number of aryl methyl sites for hydroxylation is 2. The number of halogens is 1. The third-order valence-corrected chi connectivity index (χ3v) is 5.36. The fraction of sp³-hybridized carbons (Fsp3) is 0.500. The topological polar surface area (TPSA) is 39.6 Å². The molecule has 2 aromatic rings. The van der Waals surface area contributed by atoms with Crippen molar-refractivity contribution >= 4 is 11.3 Å². The maximum Gasteiger partial charge on any atom is 0.123 e. The highest BCUT2D eigenvalue weighted by Crippen LogP contribution is 2.20. The minimum absolute atomic E-state index is 0.255. The van der Waals surface area contributed by atoms with Crippen LogP contribution in [0.1, 0.15) is 27.9 Å². The first-order valence-corrected chi connectivity index (χ1v) is 9.19. The van der Waals surface area contributed by atoms with Crippen LogP contribution in [0.25, 0.3) is 0 Å². The SMILES string of the molecule is Cc1nc(CN2CCN(CC(O)c3ccc(F)cc3C)CC2)cs1. The summed E-state index contributed by atoms with van der Waals surface area (Å²) in [6, 6.07) is 4.59. The van der Waals surface area contributed by atoms with E-state index in [0.29, 0.717) is 6.54 Å². The summed E-state index contributed by atoms with van der Waals surface area (Å²) in [5.74, 6) is -0.255. The monoisotopic (exact) mass is 349 g/mol.